The molecule has 0 saturated heterocycles. The van der Waals surface area contributed by atoms with E-state index in [1.807, 2.05) is 13.8 Å². The van der Waals surface area contributed by atoms with Crippen molar-refractivity contribution < 1.29 is 24.6 Å². The lowest BCUT2D eigenvalue weighted by molar-refractivity contribution is -0.145. The number of aromatic nitrogens is 1. The topological polar surface area (TPSA) is 129 Å². The van der Waals surface area contributed by atoms with Crippen molar-refractivity contribution in [1.29, 1.82) is 0 Å². The molecule has 0 saturated carbocycles. The summed E-state index contributed by atoms with van der Waals surface area (Å²) in [4.78, 5) is 38.3. The van der Waals surface area contributed by atoms with Crippen molar-refractivity contribution in [1.82, 2.24) is 15.6 Å². The van der Waals surface area contributed by atoms with Crippen molar-refractivity contribution in [2.45, 2.75) is 39.3 Å². The van der Waals surface area contributed by atoms with Gasteiger partial charge in [-0.2, -0.15) is 0 Å². The molecule has 0 aliphatic heterocycles. The minimum Gasteiger partial charge on any atom is -0.481 e. The molecule has 1 aromatic heterocycles. The number of carboxylic acids is 2. The summed E-state index contributed by atoms with van der Waals surface area (Å²) in [5.74, 6) is -2.70. The summed E-state index contributed by atoms with van der Waals surface area (Å²) in [6.07, 6.45) is -0.685. The van der Waals surface area contributed by atoms with Crippen LogP contribution in [0, 0.1) is 13.8 Å². The largest absolute Gasteiger partial charge is 0.481 e. The van der Waals surface area contributed by atoms with Gasteiger partial charge in [-0.15, -0.1) is 11.3 Å². The molecule has 2 atom stereocenters. The van der Waals surface area contributed by atoms with Gasteiger partial charge < -0.3 is 20.8 Å². The van der Waals surface area contributed by atoms with Gasteiger partial charge in [-0.05, 0) is 20.8 Å². The molecule has 0 spiro atoms. The quantitative estimate of drug-likeness (QED) is 0.621. The molecule has 0 aromatic carbocycles. The number of amides is 2. The lowest BCUT2D eigenvalue weighted by Gasteiger charge is -2.17. The average molecular weight is 315 g/mol. The van der Waals surface area contributed by atoms with E-state index in [9.17, 15) is 14.4 Å². The monoisotopic (exact) mass is 315 g/mol. The molecule has 8 nitrogen and oxygen atoms in total. The zero-order valence-corrected chi connectivity index (χ0v) is 12.7. The van der Waals surface area contributed by atoms with Gasteiger partial charge in [0.1, 0.15) is 6.04 Å². The van der Waals surface area contributed by atoms with Crippen LogP contribution in [0.4, 0.5) is 4.79 Å². The number of nitrogens with one attached hydrogen (secondary N) is 2. The summed E-state index contributed by atoms with van der Waals surface area (Å²) in [5, 5.41) is 23.0. The van der Waals surface area contributed by atoms with Gasteiger partial charge >= 0.3 is 18.0 Å². The molecule has 0 fully saturated rings. The summed E-state index contributed by atoms with van der Waals surface area (Å²) in [5.41, 5.74) is 0.797. The maximum absolute atomic E-state index is 11.7. The standard InChI is InChI=1S/C12H17N3O5S/c1-5-10(21-7(3)13-5)6(2)14-12(20)15-8(11(18)19)4-9(16)17/h6,8H,4H2,1-3H3,(H,16,17)(H,18,19)(H2,14,15,20)/t6?,8-/m0/s1. The molecule has 0 aliphatic carbocycles. The summed E-state index contributed by atoms with van der Waals surface area (Å²) in [7, 11) is 0. The Morgan fingerprint density at radius 3 is 2.29 bits per heavy atom. The van der Waals surface area contributed by atoms with Crippen LogP contribution < -0.4 is 10.6 Å². The third-order valence-electron chi connectivity index (χ3n) is 2.66. The second kappa shape index (κ2) is 7.02. The van der Waals surface area contributed by atoms with Crippen molar-refractivity contribution in [2.75, 3.05) is 0 Å². The van der Waals surface area contributed by atoms with Gasteiger partial charge in [0.15, 0.2) is 0 Å². The Kier molecular flexibility index (Phi) is 5.65. The normalized spacial score (nSPS) is 13.3. The highest BCUT2D eigenvalue weighted by Gasteiger charge is 2.24. The van der Waals surface area contributed by atoms with E-state index in [0.29, 0.717) is 0 Å². The van der Waals surface area contributed by atoms with Crippen molar-refractivity contribution in [3.8, 4) is 0 Å². The van der Waals surface area contributed by atoms with Crippen LogP contribution in [-0.2, 0) is 9.59 Å². The molecule has 0 bridgehead atoms. The zero-order valence-electron chi connectivity index (χ0n) is 11.8. The first-order valence-electron chi connectivity index (χ1n) is 6.16. The number of carbonyl (C=O) groups is 3. The molecule has 116 valence electrons. The fourth-order valence-electron chi connectivity index (χ4n) is 1.79. The number of aryl methyl sites for hydroxylation is 2. The maximum Gasteiger partial charge on any atom is 0.326 e. The second-order valence-electron chi connectivity index (χ2n) is 4.51. The molecule has 2 amide bonds. The number of carboxylic acid groups (broad SMARTS) is 2. The van der Waals surface area contributed by atoms with Gasteiger partial charge in [0, 0.05) is 4.88 Å². The highest BCUT2D eigenvalue weighted by Crippen LogP contribution is 2.24. The molecule has 21 heavy (non-hydrogen) atoms. The van der Waals surface area contributed by atoms with Gasteiger partial charge in [0.05, 0.1) is 23.2 Å². The number of aliphatic carboxylic acids is 2. The highest BCUT2D eigenvalue weighted by atomic mass is 32.1. The molecular formula is C12H17N3O5S. The van der Waals surface area contributed by atoms with E-state index < -0.39 is 30.4 Å². The predicted octanol–water partition coefficient (Wildman–Crippen LogP) is 1.05. The van der Waals surface area contributed by atoms with Gasteiger partial charge in [-0.1, -0.05) is 0 Å². The fourth-order valence-corrected chi connectivity index (χ4v) is 2.72. The Hall–Kier alpha value is -2.16. The molecular weight excluding hydrogens is 298 g/mol. The molecule has 0 aliphatic rings. The number of hydrogen-bond acceptors (Lipinski definition) is 5. The summed E-state index contributed by atoms with van der Waals surface area (Å²) >= 11 is 1.44. The molecule has 4 N–H and O–H groups in total. The molecule has 1 heterocycles. The van der Waals surface area contributed by atoms with Crippen LogP contribution in [0.15, 0.2) is 0 Å². The van der Waals surface area contributed by atoms with E-state index >= 15 is 0 Å². The van der Waals surface area contributed by atoms with Crippen molar-refractivity contribution >= 4 is 29.3 Å². The van der Waals surface area contributed by atoms with E-state index in [0.717, 1.165) is 15.6 Å². The Labute approximate surface area is 125 Å². The predicted molar refractivity (Wildman–Crippen MR) is 75.3 cm³/mol. The smallest absolute Gasteiger partial charge is 0.326 e. The third kappa shape index (κ3) is 5.03. The molecule has 1 unspecified atom stereocenters. The number of carbonyl (C=O) groups excluding carboxylic acids is 1. The van der Waals surface area contributed by atoms with Crippen LogP contribution >= 0.6 is 11.3 Å². The number of hydrogen-bond donors (Lipinski definition) is 4. The first-order chi connectivity index (χ1) is 9.70. The van der Waals surface area contributed by atoms with Crippen molar-refractivity contribution in [3.05, 3.63) is 15.6 Å². The first kappa shape index (κ1) is 16.9. The van der Waals surface area contributed by atoms with Crippen LogP contribution in [0.2, 0.25) is 0 Å². The van der Waals surface area contributed by atoms with E-state index in [1.165, 1.54) is 11.3 Å². The second-order valence-corrected chi connectivity index (χ2v) is 5.75. The Morgan fingerprint density at radius 2 is 1.86 bits per heavy atom. The first-order valence-corrected chi connectivity index (χ1v) is 6.98. The molecule has 0 radical (unpaired) electrons. The lowest BCUT2D eigenvalue weighted by atomic mass is 10.2. The summed E-state index contributed by atoms with van der Waals surface area (Å²) in [6, 6.07) is -2.56. The zero-order chi connectivity index (χ0) is 16.2. The summed E-state index contributed by atoms with van der Waals surface area (Å²) < 4.78 is 0. The fraction of sp³-hybridized carbons (Fsp3) is 0.500. The third-order valence-corrected chi connectivity index (χ3v) is 3.92. The van der Waals surface area contributed by atoms with Crippen LogP contribution in [0.3, 0.4) is 0 Å². The van der Waals surface area contributed by atoms with E-state index in [-0.39, 0.29) is 6.04 Å². The van der Waals surface area contributed by atoms with Gasteiger partial charge in [-0.3, -0.25) is 4.79 Å². The van der Waals surface area contributed by atoms with Crippen LogP contribution in [0.5, 0.6) is 0 Å². The Morgan fingerprint density at radius 1 is 1.24 bits per heavy atom. The highest BCUT2D eigenvalue weighted by molar-refractivity contribution is 7.11. The Balaban J connectivity index is 2.65. The number of urea groups is 1. The van der Waals surface area contributed by atoms with E-state index in [4.69, 9.17) is 10.2 Å². The average Bonchev–Trinajstić information content (AvgIpc) is 2.66. The van der Waals surface area contributed by atoms with E-state index in [2.05, 4.69) is 15.6 Å². The van der Waals surface area contributed by atoms with Gasteiger partial charge in [-0.25, -0.2) is 14.6 Å². The van der Waals surface area contributed by atoms with Gasteiger partial charge in [0.25, 0.3) is 0 Å². The summed E-state index contributed by atoms with van der Waals surface area (Å²) in [6.45, 7) is 5.41. The minimum atomic E-state index is -1.47. The van der Waals surface area contributed by atoms with Crippen LogP contribution in [0.25, 0.3) is 0 Å². The SMILES string of the molecule is Cc1nc(C)c(C(C)NC(=O)N[C@@H](CC(=O)O)C(=O)O)s1. The maximum atomic E-state index is 11.7. The molecule has 1 rings (SSSR count). The van der Waals surface area contributed by atoms with Gasteiger partial charge in [0.2, 0.25) is 0 Å². The van der Waals surface area contributed by atoms with E-state index in [1.54, 1.807) is 6.92 Å². The minimum absolute atomic E-state index is 0.351. The molecule has 1 aromatic rings. The number of nitrogens with zero attached hydrogens (tertiary/aromatic N) is 1. The number of rotatable bonds is 6. The molecule has 9 heteroatoms. The lowest BCUT2D eigenvalue weighted by Crippen LogP contribution is -2.47. The van der Waals surface area contributed by atoms with Crippen molar-refractivity contribution in [2.24, 2.45) is 0 Å². The Bertz CT molecular complexity index is 557. The van der Waals surface area contributed by atoms with Crippen LogP contribution in [-0.4, -0.2) is 39.2 Å². The van der Waals surface area contributed by atoms with Crippen molar-refractivity contribution in [3.63, 3.8) is 0 Å². The van der Waals surface area contributed by atoms with Crippen LogP contribution in [0.1, 0.15) is 35.0 Å². The number of thiazole rings is 1.